The zero-order valence-electron chi connectivity index (χ0n) is 9.30. The quantitative estimate of drug-likeness (QED) is 0.596. The van der Waals surface area contributed by atoms with Gasteiger partial charge in [0.05, 0.1) is 7.11 Å². The summed E-state index contributed by atoms with van der Waals surface area (Å²) in [7, 11) is 1.45. The molecular weight excluding hydrogens is 164 g/mol. The topological polar surface area (TPSA) is 26.3 Å². The van der Waals surface area contributed by atoms with Gasteiger partial charge in [-0.2, -0.15) is 0 Å². The maximum Gasteiger partial charge on any atom is 0.305 e. The molecular formula is C11H22O2. The molecule has 0 heterocycles. The molecule has 0 aliphatic heterocycles. The van der Waals surface area contributed by atoms with Gasteiger partial charge in [-0.1, -0.05) is 33.6 Å². The monoisotopic (exact) mass is 186 g/mol. The molecule has 0 aromatic heterocycles. The molecule has 0 aliphatic carbocycles. The molecule has 0 fully saturated rings. The van der Waals surface area contributed by atoms with Gasteiger partial charge in [0.15, 0.2) is 0 Å². The lowest BCUT2D eigenvalue weighted by atomic mass is 9.92. The van der Waals surface area contributed by atoms with Crippen molar-refractivity contribution < 1.29 is 9.53 Å². The molecule has 0 aromatic carbocycles. The summed E-state index contributed by atoms with van der Waals surface area (Å²) in [4.78, 5) is 10.9. The third kappa shape index (κ3) is 6.62. The number of carbonyl (C=O) groups is 1. The van der Waals surface area contributed by atoms with E-state index in [0.717, 1.165) is 12.3 Å². The fourth-order valence-corrected chi connectivity index (χ4v) is 1.75. The van der Waals surface area contributed by atoms with Crippen LogP contribution in [0.1, 0.15) is 46.5 Å². The Labute approximate surface area is 81.7 Å². The van der Waals surface area contributed by atoms with Gasteiger partial charge in [0.2, 0.25) is 0 Å². The maximum atomic E-state index is 10.9. The van der Waals surface area contributed by atoms with Gasteiger partial charge in [-0.05, 0) is 18.3 Å². The van der Waals surface area contributed by atoms with Gasteiger partial charge in [-0.25, -0.2) is 0 Å². The fraction of sp³-hybridized carbons (Fsp3) is 0.909. The molecule has 0 saturated carbocycles. The zero-order valence-corrected chi connectivity index (χ0v) is 9.30. The van der Waals surface area contributed by atoms with Gasteiger partial charge in [0.25, 0.3) is 0 Å². The summed E-state index contributed by atoms with van der Waals surface area (Å²) >= 11 is 0. The first-order valence-corrected chi connectivity index (χ1v) is 5.16. The van der Waals surface area contributed by atoms with Crippen molar-refractivity contribution in [1.82, 2.24) is 0 Å². The first-order valence-electron chi connectivity index (χ1n) is 5.16. The molecule has 0 aromatic rings. The number of methoxy groups -OCH3 is 1. The number of carbonyl (C=O) groups excluding carboxylic acids is 1. The molecule has 2 nitrogen and oxygen atoms in total. The largest absolute Gasteiger partial charge is 0.469 e. The van der Waals surface area contributed by atoms with E-state index in [9.17, 15) is 4.79 Å². The van der Waals surface area contributed by atoms with Crippen LogP contribution in [0, 0.1) is 11.8 Å². The van der Waals surface area contributed by atoms with Crippen molar-refractivity contribution in [3.05, 3.63) is 0 Å². The molecule has 0 bridgehead atoms. The predicted octanol–water partition coefficient (Wildman–Crippen LogP) is 3.01. The third-order valence-corrected chi connectivity index (χ3v) is 2.33. The molecule has 2 heteroatoms. The molecule has 0 spiro atoms. The van der Waals surface area contributed by atoms with Gasteiger partial charge in [0, 0.05) is 6.42 Å². The highest BCUT2D eigenvalue weighted by molar-refractivity contribution is 5.69. The lowest BCUT2D eigenvalue weighted by Crippen LogP contribution is -2.10. The van der Waals surface area contributed by atoms with E-state index in [4.69, 9.17) is 0 Å². The number of esters is 1. The molecule has 0 aliphatic rings. The first kappa shape index (κ1) is 12.5. The Hall–Kier alpha value is -0.530. The lowest BCUT2D eigenvalue weighted by Gasteiger charge is -2.15. The first-order chi connectivity index (χ1) is 6.10. The van der Waals surface area contributed by atoms with Crippen LogP contribution in [0.25, 0.3) is 0 Å². The summed E-state index contributed by atoms with van der Waals surface area (Å²) in [6.07, 6.45) is 4.17. The van der Waals surface area contributed by atoms with Crippen molar-refractivity contribution in [3.8, 4) is 0 Å². The number of ether oxygens (including phenoxy) is 1. The van der Waals surface area contributed by atoms with E-state index < -0.39 is 0 Å². The Morgan fingerprint density at radius 3 is 2.38 bits per heavy atom. The molecule has 0 amide bonds. The van der Waals surface area contributed by atoms with Crippen LogP contribution in [0.5, 0.6) is 0 Å². The van der Waals surface area contributed by atoms with Crippen LogP contribution in [0.2, 0.25) is 0 Å². The third-order valence-electron chi connectivity index (χ3n) is 2.33. The van der Waals surface area contributed by atoms with Crippen LogP contribution in [0.3, 0.4) is 0 Å². The summed E-state index contributed by atoms with van der Waals surface area (Å²) in [5, 5.41) is 0. The second kappa shape index (κ2) is 6.93. The van der Waals surface area contributed by atoms with Crippen LogP contribution in [-0.4, -0.2) is 13.1 Å². The number of hydrogen-bond acceptors (Lipinski definition) is 2. The van der Waals surface area contributed by atoms with E-state index >= 15 is 0 Å². The molecule has 13 heavy (non-hydrogen) atoms. The lowest BCUT2D eigenvalue weighted by molar-refractivity contribution is -0.141. The molecule has 2 atom stereocenters. The van der Waals surface area contributed by atoms with E-state index in [1.54, 1.807) is 0 Å². The second-order valence-electron chi connectivity index (χ2n) is 4.01. The SMILES string of the molecule is CCCC(C)CC(C)CC(=O)OC. The molecule has 2 unspecified atom stereocenters. The van der Waals surface area contributed by atoms with Crippen molar-refractivity contribution in [2.24, 2.45) is 11.8 Å². The van der Waals surface area contributed by atoms with Crippen LogP contribution < -0.4 is 0 Å². The van der Waals surface area contributed by atoms with Gasteiger partial charge < -0.3 is 4.74 Å². The average molecular weight is 186 g/mol. The second-order valence-corrected chi connectivity index (χ2v) is 4.01. The number of hydrogen-bond donors (Lipinski definition) is 0. The highest BCUT2D eigenvalue weighted by atomic mass is 16.5. The Morgan fingerprint density at radius 2 is 1.92 bits per heavy atom. The Kier molecular flexibility index (Phi) is 6.65. The fourth-order valence-electron chi connectivity index (χ4n) is 1.75. The molecule has 0 saturated heterocycles. The van der Waals surface area contributed by atoms with Gasteiger partial charge >= 0.3 is 5.97 Å². The summed E-state index contributed by atoms with van der Waals surface area (Å²) < 4.78 is 4.62. The minimum atomic E-state index is -0.0869. The average Bonchev–Trinajstić information content (AvgIpc) is 2.04. The van der Waals surface area contributed by atoms with E-state index in [1.165, 1.54) is 20.0 Å². The van der Waals surface area contributed by atoms with E-state index in [0.29, 0.717) is 12.3 Å². The van der Waals surface area contributed by atoms with Crippen molar-refractivity contribution in [2.75, 3.05) is 7.11 Å². The summed E-state index contributed by atoms with van der Waals surface area (Å²) in [6.45, 7) is 6.56. The van der Waals surface area contributed by atoms with Crippen molar-refractivity contribution in [3.63, 3.8) is 0 Å². The molecule has 0 radical (unpaired) electrons. The van der Waals surface area contributed by atoms with Crippen molar-refractivity contribution in [1.29, 1.82) is 0 Å². The van der Waals surface area contributed by atoms with Crippen molar-refractivity contribution in [2.45, 2.75) is 46.5 Å². The van der Waals surface area contributed by atoms with Crippen LogP contribution in [0.15, 0.2) is 0 Å². The summed E-state index contributed by atoms with van der Waals surface area (Å²) in [6, 6.07) is 0. The van der Waals surface area contributed by atoms with Crippen LogP contribution in [-0.2, 0) is 9.53 Å². The minimum absolute atomic E-state index is 0.0869. The van der Waals surface area contributed by atoms with Crippen LogP contribution in [0.4, 0.5) is 0 Å². The van der Waals surface area contributed by atoms with E-state index in [1.807, 2.05) is 0 Å². The highest BCUT2D eigenvalue weighted by Crippen LogP contribution is 2.19. The maximum absolute atomic E-state index is 10.9. The van der Waals surface area contributed by atoms with Gasteiger partial charge in [-0.3, -0.25) is 4.79 Å². The standard InChI is InChI=1S/C11H22O2/c1-5-6-9(2)7-10(3)8-11(12)13-4/h9-10H,5-8H2,1-4H3. The van der Waals surface area contributed by atoms with E-state index in [-0.39, 0.29) is 5.97 Å². The zero-order chi connectivity index (χ0) is 10.3. The Balaban J connectivity index is 3.60. The highest BCUT2D eigenvalue weighted by Gasteiger charge is 2.12. The summed E-state index contributed by atoms with van der Waals surface area (Å²) in [5.41, 5.74) is 0. The van der Waals surface area contributed by atoms with Gasteiger partial charge in [0.1, 0.15) is 0 Å². The number of rotatable bonds is 6. The van der Waals surface area contributed by atoms with E-state index in [2.05, 4.69) is 25.5 Å². The Morgan fingerprint density at radius 1 is 1.31 bits per heavy atom. The van der Waals surface area contributed by atoms with Gasteiger partial charge in [-0.15, -0.1) is 0 Å². The minimum Gasteiger partial charge on any atom is -0.469 e. The molecule has 78 valence electrons. The molecule has 0 rings (SSSR count). The smallest absolute Gasteiger partial charge is 0.305 e. The normalized spacial score (nSPS) is 15.1. The van der Waals surface area contributed by atoms with Crippen LogP contribution >= 0.6 is 0 Å². The van der Waals surface area contributed by atoms with Crippen molar-refractivity contribution >= 4 is 5.97 Å². The Bertz CT molecular complexity index is 143. The molecule has 0 N–H and O–H groups in total. The predicted molar refractivity (Wildman–Crippen MR) is 54.5 cm³/mol. The summed E-state index contributed by atoms with van der Waals surface area (Å²) in [5.74, 6) is 1.09.